The zero-order valence-corrected chi connectivity index (χ0v) is 11.5. The molecular weight excluding hydrogens is 242 g/mol. The first-order valence-corrected chi connectivity index (χ1v) is 6.62. The largest absolute Gasteiger partial charge is 0.480 e. The molecule has 19 heavy (non-hydrogen) atoms. The molecular formula is C15H21NO3. The number of carboxylic acid groups (broad SMARTS) is 1. The van der Waals surface area contributed by atoms with Crippen LogP contribution in [0.4, 0.5) is 0 Å². The molecule has 0 aliphatic carbocycles. The van der Waals surface area contributed by atoms with Gasteiger partial charge in [0.15, 0.2) is 0 Å². The van der Waals surface area contributed by atoms with Gasteiger partial charge in [0.05, 0.1) is 0 Å². The Morgan fingerprint density at radius 2 is 1.89 bits per heavy atom. The molecule has 0 radical (unpaired) electrons. The van der Waals surface area contributed by atoms with Gasteiger partial charge in [-0.15, -0.1) is 0 Å². The minimum atomic E-state index is -0.972. The molecule has 4 heteroatoms. The maximum Gasteiger partial charge on any atom is 0.326 e. The lowest BCUT2D eigenvalue weighted by Crippen LogP contribution is -2.42. The monoisotopic (exact) mass is 263 g/mol. The van der Waals surface area contributed by atoms with E-state index in [-0.39, 0.29) is 5.91 Å². The number of carboxylic acids is 1. The topological polar surface area (TPSA) is 57.6 Å². The molecule has 0 saturated carbocycles. The summed E-state index contributed by atoms with van der Waals surface area (Å²) in [6.07, 6.45) is 2.11. The van der Waals surface area contributed by atoms with Crippen molar-refractivity contribution < 1.29 is 14.7 Å². The Kier molecular flexibility index (Phi) is 6.06. The van der Waals surface area contributed by atoms with E-state index in [0.29, 0.717) is 13.0 Å². The van der Waals surface area contributed by atoms with Crippen LogP contribution in [0.5, 0.6) is 0 Å². The smallest absolute Gasteiger partial charge is 0.326 e. The highest BCUT2D eigenvalue weighted by Gasteiger charge is 2.24. The summed E-state index contributed by atoms with van der Waals surface area (Å²) in [6, 6.07) is 8.66. The van der Waals surface area contributed by atoms with E-state index >= 15 is 0 Å². The van der Waals surface area contributed by atoms with Crippen LogP contribution in [0.2, 0.25) is 0 Å². The molecule has 0 heterocycles. The van der Waals surface area contributed by atoms with Crippen LogP contribution < -0.4 is 0 Å². The molecule has 0 fully saturated rings. The van der Waals surface area contributed by atoms with Crippen LogP contribution in [-0.2, 0) is 16.1 Å². The van der Waals surface area contributed by atoms with E-state index in [4.69, 9.17) is 5.11 Å². The van der Waals surface area contributed by atoms with Gasteiger partial charge in [-0.3, -0.25) is 4.79 Å². The number of hydrogen-bond donors (Lipinski definition) is 1. The highest BCUT2D eigenvalue weighted by atomic mass is 16.4. The maximum atomic E-state index is 12.1. The Labute approximate surface area is 114 Å². The van der Waals surface area contributed by atoms with Gasteiger partial charge < -0.3 is 10.0 Å². The fourth-order valence-electron chi connectivity index (χ4n) is 1.83. The van der Waals surface area contributed by atoms with Crippen molar-refractivity contribution in [2.24, 2.45) is 0 Å². The predicted molar refractivity (Wildman–Crippen MR) is 73.6 cm³/mol. The fourth-order valence-corrected chi connectivity index (χ4v) is 1.83. The third-order valence-corrected chi connectivity index (χ3v) is 3.09. The minimum absolute atomic E-state index is 0.0967. The van der Waals surface area contributed by atoms with Crippen LogP contribution in [0.1, 0.15) is 38.7 Å². The zero-order chi connectivity index (χ0) is 14.3. The molecule has 1 amide bonds. The molecule has 1 aromatic carbocycles. The molecule has 1 atom stereocenters. The molecule has 0 aliphatic heterocycles. The molecule has 1 unspecified atom stereocenters. The number of amides is 1. The number of unbranched alkanes of at least 4 members (excludes halogenated alkanes) is 1. The Hall–Kier alpha value is -1.84. The SMILES string of the molecule is CCCCC(=O)N(Cc1ccccc1)C(C)C(=O)O. The summed E-state index contributed by atoms with van der Waals surface area (Å²) in [5.41, 5.74) is 0.945. The van der Waals surface area contributed by atoms with E-state index in [9.17, 15) is 9.59 Å². The van der Waals surface area contributed by atoms with Crippen molar-refractivity contribution >= 4 is 11.9 Å². The zero-order valence-electron chi connectivity index (χ0n) is 11.5. The Morgan fingerprint density at radius 1 is 1.26 bits per heavy atom. The molecule has 0 spiro atoms. The molecule has 0 bridgehead atoms. The maximum absolute atomic E-state index is 12.1. The van der Waals surface area contributed by atoms with Crippen molar-refractivity contribution in [3.05, 3.63) is 35.9 Å². The molecule has 104 valence electrons. The van der Waals surface area contributed by atoms with Gasteiger partial charge in [-0.2, -0.15) is 0 Å². The van der Waals surface area contributed by atoms with E-state index < -0.39 is 12.0 Å². The van der Waals surface area contributed by atoms with E-state index in [1.54, 1.807) is 6.92 Å². The summed E-state index contributed by atoms with van der Waals surface area (Å²) in [5.74, 6) is -1.07. The van der Waals surface area contributed by atoms with Crippen LogP contribution >= 0.6 is 0 Å². The summed E-state index contributed by atoms with van der Waals surface area (Å²) in [5, 5.41) is 9.11. The first-order chi connectivity index (χ1) is 9.06. The van der Waals surface area contributed by atoms with Gasteiger partial charge >= 0.3 is 5.97 Å². The highest BCUT2D eigenvalue weighted by Crippen LogP contribution is 2.12. The number of carbonyl (C=O) groups excluding carboxylic acids is 1. The van der Waals surface area contributed by atoms with Gasteiger partial charge in [0.2, 0.25) is 5.91 Å². The van der Waals surface area contributed by atoms with Gasteiger partial charge in [0, 0.05) is 13.0 Å². The van der Waals surface area contributed by atoms with Gasteiger partial charge in [-0.1, -0.05) is 43.7 Å². The summed E-state index contributed by atoms with van der Waals surface area (Å²) < 4.78 is 0. The number of carbonyl (C=O) groups is 2. The molecule has 0 aliphatic rings. The van der Waals surface area contributed by atoms with E-state index in [0.717, 1.165) is 18.4 Å². The first-order valence-electron chi connectivity index (χ1n) is 6.62. The van der Waals surface area contributed by atoms with E-state index in [2.05, 4.69) is 0 Å². The van der Waals surface area contributed by atoms with Gasteiger partial charge in [-0.05, 0) is 18.9 Å². The quantitative estimate of drug-likeness (QED) is 0.822. The van der Waals surface area contributed by atoms with Gasteiger partial charge in [0.25, 0.3) is 0 Å². The van der Waals surface area contributed by atoms with Crippen molar-refractivity contribution in [1.29, 1.82) is 0 Å². The van der Waals surface area contributed by atoms with Crippen LogP contribution in [-0.4, -0.2) is 27.9 Å². The van der Waals surface area contributed by atoms with Crippen molar-refractivity contribution in [2.45, 2.75) is 45.7 Å². The molecule has 1 rings (SSSR count). The van der Waals surface area contributed by atoms with Crippen LogP contribution in [0, 0.1) is 0 Å². The van der Waals surface area contributed by atoms with Crippen molar-refractivity contribution in [3.63, 3.8) is 0 Å². The Morgan fingerprint density at radius 3 is 2.42 bits per heavy atom. The second kappa shape index (κ2) is 7.56. The molecule has 1 aromatic rings. The Bertz CT molecular complexity index is 417. The summed E-state index contributed by atoms with van der Waals surface area (Å²) in [4.78, 5) is 24.7. The average molecular weight is 263 g/mol. The third kappa shape index (κ3) is 4.73. The lowest BCUT2D eigenvalue weighted by molar-refractivity contribution is -0.150. The first kappa shape index (κ1) is 15.2. The van der Waals surface area contributed by atoms with Crippen LogP contribution in [0.25, 0.3) is 0 Å². The second-order valence-electron chi connectivity index (χ2n) is 4.63. The van der Waals surface area contributed by atoms with Crippen LogP contribution in [0.15, 0.2) is 30.3 Å². The van der Waals surface area contributed by atoms with Crippen molar-refractivity contribution in [1.82, 2.24) is 4.90 Å². The second-order valence-corrected chi connectivity index (χ2v) is 4.63. The van der Waals surface area contributed by atoms with Crippen LogP contribution in [0.3, 0.4) is 0 Å². The molecule has 4 nitrogen and oxygen atoms in total. The number of aliphatic carboxylic acids is 1. The number of benzene rings is 1. The van der Waals surface area contributed by atoms with Crippen molar-refractivity contribution in [3.8, 4) is 0 Å². The average Bonchev–Trinajstić information content (AvgIpc) is 2.42. The van der Waals surface area contributed by atoms with E-state index in [1.807, 2.05) is 37.3 Å². The number of nitrogens with zero attached hydrogens (tertiary/aromatic N) is 1. The Balaban J connectivity index is 2.80. The third-order valence-electron chi connectivity index (χ3n) is 3.09. The van der Waals surface area contributed by atoms with Gasteiger partial charge in [0.1, 0.15) is 6.04 Å². The lowest BCUT2D eigenvalue weighted by Gasteiger charge is -2.26. The lowest BCUT2D eigenvalue weighted by atomic mass is 10.1. The summed E-state index contributed by atoms with van der Waals surface area (Å²) >= 11 is 0. The minimum Gasteiger partial charge on any atom is -0.480 e. The standard InChI is InChI=1S/C15H21NO3/c1-3-4-10-14(17)16(12(2)15(18)19)11-13-8-6-5-7-9-13/h5-9,12H,3-4,10-11H2,1-2H3,(H,18,19). The number of rotatable bonds is 7. The summed E-state index contributed by atoms with van der Waals surface area (Å²) in [6.45, 7) is 3.90. The molecule has 0 aromatic heterocycles. The van der Waals surface area contributed by atoms with Crippen molar-refractivity contribution in [2.75, 3.05) is 0 Å². The highest BCUT2D eigenvalue weighted by molar-refractivity contribution is 5.83. The number of hydrogen-bond acceptors (Lipinski definition) is 2. The summed E-state index contributed by atoms with van der Waals surface area (Å²) in [7, 11) is 0. The van der Waals surface area contributed by atoms with E-state index in [1.165, 1.54) is 4.90 Å². The molecule has 0 saturated heterocycles. The molecule has 1 N–H and O–H groups in total. The van der Waals surface area contributed by atoms with Gasteiger partial charge in [-0.25, -0.2) is 4.79 Å². The normalized spacial score (nSPS) is 11.9. The predicted octanol–water partition coefficient (Wildman–Crippen LogP) is 2.68. The fraction of sp³-hybridized carbons (Fsp3) is 0.467.